The molecule has 0 aliphatic carbocycles. The molecular weight excluding hydrogens is 276 g/mol. The maximum atomic E-state index is 11.7. The number of aromatic nitrogens is 2. The third kappa shape index (κ3) is 5.05. The number of carbonyl (C=O) groups is 1. The Bertz CT molecular complexity index is 434. The molecule has 20 heavy (non-hydrogen) atoms. The zero-order valence-corrected chi connectivity index (χ0v) is 13.4. The summed E-state index contributed by atoms with van der Waals surface area (Å²) in [5.41, 5.74) is -0.916. The minimum atomic E-state index is -0.916. The number of anilines is 1. The van der Waals surface area contributed by atoms with E-state index in [2.05, 4.69) is 27.8 Å². The van der Waals surface area contributed by atoms with Crippen molar-refractivity contribution in [1.82, 2.24) is 15.5 Å². The number of aryl methyl sites for hydroxylation is 1. The van der Waals surface area contributed by atoms with Crippen LogP contribution in [0.25, 0.3) is 0 Å². The van der Waals surface area contributed by atoms with E-state index in [0.717, 1.165) is 24.3 Å². The van der Waals surface area contributed by atoms with Crippen LogP contribution < -0.4 is 10.6 Å². The van der Waals surface area contributed by atoms with E-state index >= 15 is 0 Å². The fourth-order valence-corrected chi connectivity index (χ4v) is 2.47. The molecule has 2 amide bonds. The van der Waals surface area contributed by atoms with Crippen molar-refractivity contribution in [2.24, 2.45) is 5.92 Å². The lowest BCUT2D eigenvalue weighted by molar-refractivity contribution is 0.00827. The Morgan fingerprint density at radius 2 is 2.15 bits per heavy atom. The highest BCUT2D eigenvalue weighted by atomic mass is 32.1. The Hall–Kier alpha value is -1.21. The number of hydrogen-bond acceptors (Lipinski definition) is 5. The molecule has 2 atom stereocenters. The van der Waals surface area contributed by atoms with E-state index in [1.807, 2.05) is 13.8 Å². The van der Waals surface area contributed by atoms with Gasteiger partial charge in [0, 0.05) is 13.0 Å². The van der Waals surface area contributed by atoms with Crippen LogP contribution in [0.3, 0.4) is 0 Å². The van der Waals surface area contributed by atoms with Crippen molar-refractivity contribution in [3.05, 3.63) is 5.01 Å². The van der Waals surface area contributed by atoms with E-state index in [4.69, 9.17) is 0 Å². The van der Waals surface area contributed by atoms with Gasteiger partial charge in [0.15, 0.2) is 0 Å². The second-order valence-corrected chi connectivity index (χ2v) is 6.29. The smallest absolute Gasteiger partial charge is 0.321 e. The van der Waals surface area contributed by atoms with Crippen molar-refractivity contribution in [3.63, 3.8) is 0 Å². The molecule has 1 aromatic rings. The zero-order chi connectivity index (χ0) is 15.2. The van der Waals surface area contributed by atoms with Crippen molar-refractivity contribution in [2.45, 2.75) is 52.6 Å². The van der Waals surface area contributed by atoms with Gasteiger partial charge in [-0.2, -0.15) is 0 Å². The molecule has 0 radical (unpaired) electrons. The van der Waals surface area contributed by atoms with Crippen molar-refractivity contribution in [1.29, 1.82) is 0 Å². The van der Waals surface area contributed by atoms with Gasteiger partial charge in [0.2, 0.25) is 5.13 Å². The van der Waals surface area contributed by atoms with Crippen LogP contribution in [0.5, 0.6) is 0 Å². The van der Waals surface area contributed by atoms with Crippen LogP contribution in [-0.2, 0) is 6.42 Å². The molecule has 1 rings (SSSR count). The summed E-state index contributed by atoms with van der Waals surface area (Å²) < 4.78 is 0. The van der Waals surface area contributed by atoms with E-state index in [-0.39, 0.29) is 18.5 Å². The molecule has 0 saturated carbocycles. The highest BCUT2D eigenvalue weighted by Crippen LogP contribution is 2.19. The summed E-state index contributed by atoms with van der Waals surface area (Å²) in [6, 6.07) is -0.368. The first-order valence-corrected chi connectivity index (χ1v) is 7.80. The van der Waals surface area contributed by atoms with E-state index in [1.54, 1.807) is 6.92 Å². The Morgan fingerprint density at radius 3 is 2.75 bits per heavy atom. The van der Waals surface area contributed by atoms with Crippen LogP contribution in [0.15, 0.2) is 0 Å². The van der Waals surface area contributed by atoms with Crippen LogP contribution in [0.2, 0.25) is 0 Å². The van der Waals surface area contributed by atoms with Crippen molar-refractivity contribution < 1.29 is 9.90 Å². The lowest BCUT2D eigenvalue weighted by Crippen LogP contribution is -2.46. The molecule has 6 nitrogen and oxygen atoms in total. The quantitative estimate of drug-likeness (QED) is 0.721. The summed E-state index contributed by atoms with van der Waals surface area (Å²) in [6.07, 6.45) is 2.72. The summed E-state index contributed by atoms with van der Waals surface area (Å²) in [7, 11) is 0. The number of rotatable bonds is 7. The van der Waals surface area contributed by atoms with Gasteiger partial charge in [-0.05, 0) is 19.3 Å². The first-order chi connectivity index (χ1) is 9.39. The molecule has 3 N–H and O–H groups in total. The second-order valence-electron chi connectivity index (χ2n) is 5.23. The van der Waals surface area contributed by atoms with Gasteiger partial charge in [0.1, 0.15) is 5.01 Å². The number of carbonyl (C=O) groups excluding carboxylic acids is 1. The molecule has 0 aliphatic heterocycles. The van der Waals surface area contributed by atoms with Crippen LogP contribution in [0.4, 0.5) is 9.93 Å². The number of nitrogens with zero attached hydrogens (tertiary/aromatic N) is 2. The number of hydrogen-bond donors (Lipinski definition) is 3. The van der Waals surface area contributed by atoms with E-state index in [0.29, 0.717) is 5.13 Å². The van der Waals surface area contributed by atoms with Gasteiger partial charge in [-0.1, -0.05) is 38.5 Å². The average molecular weight is 300 g/mol. The zero-order valence-electron chi connectivity index (χ0n) is 12.6. The molecule has 0 saturated heterocycles. The van der Waals surface area contributed by atoms with Crippen LogP contribution in [0, 0.1) is 5.92 Å². The largest absolute Gasteiger partial charge is 0.388 e. The third-order valence-electron chi connectivity index (χ3n) is 3.43. The molecule has 114 valence electrons. The maximum absolute atomic E-state index is 11.7. The Balaban J connectivity index is 2.43. The Kier molecular flexibility index (Phi) is 6.35. The van der Waals surface area contributed by atoms with Gasteiger partial charge in [0.05, 0.1) is 5.60 Å². The Morgan fingerprint density at radius 1 is 1.45 bits per heavy atom. The summed E-state index contributed by atoms with van der Waals surface area (Å²) in [5.74, 6) is 0.112. The molecule has 1 aromatic heterocycles. The van der Waals surface area contributed by atoms with E-state index in [1.165, 1.54) is 11.3 Å². The highest BCUT2D eigenvalue weighted by molar-refractivity contribution is 7.15. The normalized spacial score (nSPS) is 15.4. The van der Waals surface area contributed by atoms with Gasteiger partial charge in [0.25, 0.3) is 0 Å². The summed E-state index contributed by atoms with van der Waals surface area (Å²) in [5, 5.41) is 24.8. The molecule has 0 aromatic carbocycles. The molecule has 0 aliphatic rings. The lowest BCUT2D eigenvalue weighted by atomic mass is 9.89. The molecule has 0 fully saturated rings. The Labute approximate surface area is 124 Å². The van der Waals surface area contributed by atoms with Gasteiger partial charge in [-0.25, -0.2) is 4.79 Å². The van der Waals surface area contributed by atoms with Gasteiger partial charge >= 0.3 is 6.03 Å². The standard InChI is InChI=1S/C13H24N4O2S/c1-5-7-10-16-17-12(20-10)15-11(18)14-8-13(4,19)9(3)6-2/h9,19H,5-8H2,1-4H3,(H2,14,15,17,18). The predicted molar refractivity (Wildman–Crippen MR) is 81.0 cm³/mol. The summed E-state index contributed by atoms with van der Waals surface area (Å²) in [6.45, 7) is 7.97. The predicted octanol–water partition coefficient (Wildman–Crippen LogP) is 2.41. The topological polar surface area (TPSA) is 87.1 Å². The molecule has 0 spiro atoms. The van der Waals surface area contributed by atoms with Crippen molar-refractivity contribution >= 4 is 22.5 Å². The van der Waals surface area contributed by atoms with Gasteiger partial charge in [-0.15, -0.1) is 10.2 Å². The number of nitrogens with one attached hydrogen (secondary N) is 2. The molecular formula is C13H24N4O2S. The van der Waals surface area contributed by atoms with Crippen LogP contribution in [-0.4, -0.2) is 33.5 Å². The number of aliphatic hydroxyl groups is 1. The number of urea groups is 1. The minimum Gasteiger partial charge on any atom is -0.388 e. The fraction of sp³-hybridized carbons (Fsp3) is 0.769. The fourth-order valence-electron chi connectivity index (χ4n) is 1.63. The summed E-state index contributed by atoms with van der Waals surface area (Å²) >= 11 is 1.37. The third-order valence-corrected chi connectivity index (χ3v) is 4.33. The van der Waals surface area contributed by atoms with Crippen LogP contribution >= 0.6 is 11.3 Å². The molecule has 0 bridgehead atoms. The highest BCUT2D eigenvalue weighted by Gasteiger charge is 2.27. The SMILES string of the molecule is CCCc1nnc(NC(=O)NCC(C)(O)C(C)CC)s1. The molecule has 1 heterocycles. The van der Waals surface area contributed by atoms with E-state index in [9.17, 15) is 9.90 Å². The first kappa shape index (κ1) is 16.8. The van der Waals surface area contributed by atoms with Gasteiger partial charge < -0.3 is 10.4 Å². The average Bonchev–Trinajstić information content (AvgIpc) is 2.83. The van der Waals surface area contributed by atoms with Crippen molar-refractivity contribution in [2.75, 3.05) is 11.9 Å². The maximum Gasteiger partial charge on any atom is 0.321 e. The van der Waals surface area contributed by atoms with E-state index < -0.39 is 5.60 Å². The second kappa shape index (κ2) is 7.54. The molecule has 7 heteroatoms. The first-order valence-electron chi connectivity index (χ1n) is 6.98. The lowest BCUT2D eigenvalue weighted by Gasteiger charge is -2.29. The number of amides is 2. The van der Waals surface area contributed by atoms with Gasteiger partial charge in [-0.3, -0.25) is 5.32 Å². The molecule has 2 unspecified atom stereocenters. The van der Waals surface area contributed by atoms with Crippen LogP contribution in [0.1, 0.15) is 45.5 Å². The summed E-state index contributed by atoms with van der Waals surface area (Å²) in [4.78, 5) is 11.7. The monoisotopic (exact) mass is 300 g/mol. The van der Waals surface area contributed by atoms with Crippen molar-refractivity contribution in [3.8, 4) is 0 Å². The minimum absolute atomic E-state index is 0.112.